The predicted octanol–water partition coefficient (Wildman–Crippen LogP) is 1.58. The van der Waals surface area contributed by atoms with Crippen molar-refractivity contribution in [2.75, 3.05) is 13.2 Å². The van der Waals surface area contributed by atoms with Crippen LogP contribution in [0.1, 0.15) is 17.8 Å². The second-order valence-electron chi connectivity index (χ2n) is 3.86. The number of amides is 1. The molecule has 2 rings (SSSR count). The van der Waals surface area contributed by atoms with Crippen LogP contribution in [-0.4, -0.2) is 24.1 Å². The largest absolute Gasteiger partial charge is 0.381 e. The molecule has 1 saturated heterocycles. The zero-order valence-corrected chi connectivity index (χ0v) is 10.0. The van der Waals surface area contributed by atoms with Gasteiger partial charge < -0.3 is 10.5 Å². The number of ether oxygens (including phenoxy) is 1. The second-order valence-corrected chi connectivity index (χ2v) is 4.84. The number of hydrogen-bond acceptors (Lipinski definition) is 4. The first kappa shape index (κ1) is 12.2. The Balaban J connectivity index is 2.22. The average molecular weight is 256 g/mol. The lowest BCUT2D eigenvalue weighted by Crippen LogP contribution is -2.18. The Kier molecular flexibility index (Phi) is 3.86. The maximum absolute atomic E-state index is 12.9. The molecule has 1 aromatic rings. The third-order valence-electron chi connectivity index (χ3n) is 2.64. The molecule has 0 aliphatic carbocycles. The Morgan fingerprint density at radius 3 is 2.82 bits per heavy atom. The SMILES string of the molecule is NC(=O)C(=CC1CCOCC1)c1ncc(F)s1. The summed E-state index contributed by atoms with van der Waals surface area (Å²) in [6.45, 7) is 1.36. The molecule has 6 heteroatoms. The van der Waals surface area contributed by atoms with Gasteiger partial charge in [-0.2, -0.15) is 4.39 Å². The van der Waals surface area contributed by atoms with Crippen LogP contribution in [-0.2, 0) is 9.53 Å². The van der Waals surface area contributed by atoms with E-state index in [0.717, 1.165) is 30.4 Å². The number of halogens is 1. The maximum atomic E-state index is 12.9. The minimum atomic E-state index is -0.564. The number of rotatable bonds is 3. The summed E-state index contributed by atoms with van der Waals surface area (Å²) in [4.78, 5) is 15.2. The molecule has 17 heavy (non-hydrogen) atoms. The van der Waals surface area contributed by atoms with Crippen molar-refractivity contribution in [3.05, 3.63) is 22.4 Å². The summed E-state index contributed by atoms with van der Waals surface area (Å²) in [7, 11) is 0. The molecule has 1 amide bonds. The van der Waals surface area contributed by atoms with E-state index in [1.54, 1.807) is 6.08 Å². The molecular weight excluding hydrogens is 243 g/mol. The van der Waals surface area contributed by atoms with Gasteiger partial charge in [-0.1, -0.05) is 17.4 Å². The minimum absolute atomic E-state index is 0.248. The Labute approximate surface area is 102 Å². The number of carbonyl (C=O) groups is 1. The number of hydrogen-bond donors (Lipinski definition) is 1. The van der Waals surface area contributed by atoms with Crippen molar-refractivity contribution in [1.82, 2.24) is 4.98 Å². The summed E-state index contributed by atoms with van der Waals surface area (Å²) >= 11 is 0.835. The van der Waals surface area contributed by atoms with Crippen molar-refractivity contribution in [2.45, 2.75) is 12.8 Å². The molecule has 92 valence electrons. The Morgan fingerprint density at radius 1 is 1.59 bits per heavy atom. The first-order chi connectivity index (χ1) is 8.16. The van der Waals surface area contributed by atoms with Gasteiger partial charge >= 0.3 is 0 Å². The van der Waals surface area contributed by atoms with Crippen molar-refractivity contribution < 1.29 is 13.9 Å². The summed E-state index contributed by atoms with van der Waals surface area (Å²) in [5, 5.41) is -0.0689. The van der Waals surface area contributed by atoms with E-state index in [-0.39, 0.29) is 5.92 Å². The van der Waals surface area contributed by atoms with Crippen molar-refractivity contribution in [2.24, 2.45) is 11.7 Å². The van der Waals surface area contributed by atoms with Gasteiger partial charge in [-0.3, -0.25) is 4.79 Å². The molecule has 1 aromatic heterocycles. The van der Waals surface area contributed by atoms with Crippen LogP contribution in [0.4, 0.5) is 4.39 Å². The standard InChI is InChI=1S/C11H13FN2O2S/c12-9-6-14-11(17-9)8(10(13)15)5-7-1-3-16-4-2-7/h5-7H,1-4H2,(H2,13,15). The van der Waals surface area contributed by atoms with Crippen LogP contribution in [0.5, 0.6) is 0 Å². The molecule has 4 nitrogen and oxygen atoms in total. The van der Waals surface area contributed by atoms with Crippen LogP contribution in [0.15, 0.2) is 12.3 Å². The summed E-state index contributed by atoms with van der Waals surface area (Å²) in [6.07, 6.45) is 4.60. The number of primary amides is 1. The summed E-state index contributed by atoms with van der Waals surface area (Å²) < 4.78 is 18.1. The van der Waals surface area contributed by atoms with Gasteiger partial charge in [0.15, 0.2) is 5.13 Å². The van der Waals surface area contributed by atoms with Gasteiger partial charge in [-0.25, -0.2) is 4.98 Å². The lowest BCUT2D eigenvalue weighted by atomic mass is 9.97. The van der Waals surface area contributed by atoms with E-state index in [4.69, 9.17) is 10.5 Å². The molecule has 1 aliphatic rings. The highest BCUT2D eigenvalue weighted by Crippen LogP contribution is 2.25. The van der Waals surface area contributed by atoms with Gasteiger partial charge in [-0.05, 0) is 18.8 Å². The molecule has 0 aromatic carbocycles. The van der Waals surface area contributed by atoms with E-state index < -0.39 is 11.0 Å². The highest BCUT2D eigenvalue weighted by Gasteiger charge is 2.18. The van der Waals surface area contributed by atoms with Crippen LogP contribution in [0.2, 0.25) is 0 Å². The molecule has 1 aliphatic heterocycles. The predicted molar refractivity (Wildman–Crippen MR) is 62.8 cm³/mol. The number of aromatic nitrogens is 1. The molecule has 1 fully saturated rings. The quantitative estimate of drug-likeness (QED) is 0.835. The highest BCUT2D eigenvalue weighted by atomic mass is 32.1. The first-order valence-electron chi connectivity index (χ1n) is 5.38. The third-order valence-corrected chi connectivity index (χ3v) is 3.46. The molecule has 0 saturated carbocycles. The summed E-state index contributed by atoms with van der Waals surface area (Å²) in [5.74, 6) is -0.316. The second kappa shape index (κ2) is 5.37. The van der Waals surface area contributed by atoms with E-state index in [1.807, 2.05) is 0 Å². The van der Waals surface area contributed by atoms with E-state index in [2.05, 4.69) is 4.98 Å². The maximum Gasteiger partial charge on any atom is 0.251 e. The zero-order valence-electron chi connectivity index (χ0n) is 9.19. The van der Waals surface area contributed by atoms with Crippen molar-refractivity contribution in [1.29, 1.82) is 0 Å². The van der Waals surface area contributed by atoms with Gasteiger partial charge in [0.2, 0.25) is 0 Å². The highest BCUT2D eigenvalue weighted by molar-refractivity contribution is 7.11. The van der Waals surface area contributed by atoms with Crippen molar-refractivity contribution in [3.8, 4) is 0 Å². The summed E-state index contributed by atoms with van der Waals surface area (Å²) in [6, 6.07) is 0. The Hall–Kier alpha value is -1.27. The smallest absolute Gasteiger partial charge is 0.251 e. The van der Waals surface area contributed by atoms with Gasteiger partial charge in [0, 0.05) is 13.2 Å². The van der Waals surface area contributed by atoms with Gasteiger partial charge in [0.1, 0.15) is 5.01 Å². The van der Waals surface area contributed by atoms with Crippen molar-refractivity contribution in [3.63, 3.8) is 0 Å². The molecule has 0 unspecified atom stereocenters. The first-order valence-corrected chi connectivity index (χ1v) is 6.19. The number of allylic oxidation sites excluding steroid dienone is 1. The lowest BCUT2D eigenvalue weighted by Gasteiger charge is -2.19. The van der Waals surface area contributed by atoms with Crippen LogP contribution in [0.25, 0.3) is 5.57 Å². The molecule has 0 spiro atoms. The monoisotopic (exact) mass is 256 g/mol. The van der Waals surface area contributed by atoms with Crippen LogP contribution < -0.4 is 5.73 Å². The molecule has 2 N–H and O–H groups in total. The van der Waals surface area contributed by atoms with E-state index in [1.165, 1.54) is 0 Å². The van der Waals surface area contributed by atoms with Gasteiger partial charge in [-0.15, -0.1) is 0 Å². The molecule has 2 heterocycles. The van der Waals surface area contributed by atoms with Gasteiger partial charge in [0.05, 0.1) is 11.8 Å². The Morgan fingerprint density at radius 2 is 2.29 bits per heavy atom. The van der Waals surface area contributed by atoms with Gasteiger partial charge in [0.25, 0.3) is 5.91 Å². The number of nitrogens with zero attached hydrogens (tertiary/aromatic N) is 1. The average Bonchev–Trinajstić information content (AvgIpc) is 2.73. The van der Waals surface area contributed by atoms with E-state index in [0.29, 0.717) is 23.8 Å². The number of nitrogens with two attached hydrogens (primary N) is 1. The van der Waals surface area contributed by atoms with Crippen LogP contribution in [0, 0.1) is 11.0 Å². The minimum Gasteiger partial charge on any atom is -0.381 e. The fraction of sp³-hybridized carbons (Fsp3) is 0.455. The topological polar surface area (TPSA) is 65.2 Å². The molecule has 0 atom stereocenters. The zero-order chi connectivity index (χ0) is 12.3. The number of carbonyl (C=O) groups excluding carboxylic acids is 1. The fourth-order valence-corrected chi connectivity index (χ4v) is 2.43. The van der Waals surface area contributed by atoms with Crippen LogP contribution in [0.3, 0.4) is 0 Å². The molecule has 0 bridgehead atoms. The third kappa shape index (κ3) is 3.10. The fourth-order valence-electron chi connectivity index (χ4n) is 1.76. The van der Waals surface area contributed by atoms with Crippen LogP contribution >= 0.6 is 11.3 Å². The lowest BCUT2D eigenvalue weighted by molar-refractivity contribution is -0.112. The van der Waals surface area contributed by atoms with E-state index >= 15 is 0 Å². The molecular formula is C11H13FN2O2S. The number of thiazole rings is 1. The molecule has 0 radical (unpaired) electrons. The summed E-state index contributed by atoms with van der Waals surface area (Å²) in [5.41, 5.74) is 5.61. The van der Waals surface area contributed by atoms with Crippen molar-refractivity contribution >= 4 is 22.8 Å². The van der Waals surface area contributed by atoms with E-state index in [9.17, 15) is 9.18 Å². The Bertz CT molecular complexity index is 438. The normalized spacial score (nSPS) is 18.3.